The van der Waals surface area contributed by atoms with Gasteiger partial charge in [-0.3, -0.25) is 0 Å². The lowest BCUT2D eigenvalue weighted by molar-refractivity contribution is 1.44. The van der Waals surface area contributed by atoms with E-state index in [1.54, 1.807) is 0 Å². The third kappa shape index (κ3) is 3.03. The number of nitrogens with one attached hydrogen (secondary N) is 2. The number of aromatic amines is 2. The smallest absolute Gasteiger partial charge is 0.101 e. The fraction of sp³-hybridized carbons (Fsp3) is 0. The molecule has 0 bridgehead atoms. The average Bonchev–Trinajstić information content (AvgIpc) is 3.52. The van der Waals surface area contributed by atoms with Crippen molar-refractivity contribution in [3.05, 3.63) is 106 Å². The second kappa shape index (κ2) is 8.40. The third-order valence-electron chi connectivity index (χ3n) is 7.22. The van der Waals surface area contributed by atoms with E-state index < -0.39 is 0 Å². The minimum atomic E-state index is 0.197. The molecule has 2 aromatic heterocycles. The number of halogens is 2. The van der Waals surface area contributed by atoms with Crippen LogP contribution in [0.4, 0.5) is 0 Å². The Hall–Kier alpha value is -4.74. The van der Waals surface area contributed by atoms with Gasteiger partial charge in [0.2, 0.25) is 0 Å². The van der Waals surface area contributed by atoms with Gasteiger partial charge in [-0.25, -0.2) is 0 Å². The molecule has 0 amide bonds. The fourth-order valence-electron chi connectivity index (χ4n) is 5.57. The average molecular weight is 527 g/mol. The van der Waals surface area contributed by atoms with Crippen molar-refractivity contribution in [1.82, 2.24) is 9.97 Å². The first kappa shape index (κ1) is 22.5. The third-order valence-corrected chi connectivity index (χ3v) is 7.98. The maximum Gasteiger partial charge on any atom is 0.101 e. The summed E-state index contributed by atoms with van der Waals surface area (Å²) in [6, 6.07) is 32.3. The van der Waals surface area contributed by atoms with Crippen molar-refractivity contribution in [3.63, 3.8) is 0 Å². The van der Waals surface area contributed by atoms with Gasteiger partial charge >= 0.3 is 0 Å². The van der Waals surface area contributed by atoms with Crippen LogP contribution in [-0.4, -0.2) is 9.97 Å². The quantitative estimate of drug-likeness (QED) is 0.235. The molecule has 0 aliphatic heterocycles. The highest BCUT2D eigenvalue weighted by Crippen LogP contribution is 2.48. The van der Waals surface area contributed by atoms with Crippen molar-refractivity contribution >= 4 is 66.8 Å². The maximum absolute atomic E-state index is 10.4. The van der Waals surface area contributed by atoms with Crippen LogP contribution in [0.3, 0.4) is 0 Å². The van der Waals surface area contributed by atoms with E-state index in [1.165, 1.54) is 0 Å². The van der Waals surface area contributed by atoms with Gasteiger partial charge in [0.1, 0.15) is 12.1 Å². The van der Waals surface area contributed by atoms with Gasteiger partial charge in [0.25, 0.3) is 0 Å². The van der Waals surface area contributed by atoms with Gasteiger partial charge in [0.15, 0.2) is 0 Å². The molecule has 178 valence electrons. The van der Waals surface area contributed by atoms with E-state index in [4.69, 9.17) is 23.2 Å². The molecule has 0 unspecified atom stereocenters. The Balaban J connectivity index is 1.58. The summed E-state index contributed by atoms with van der Waals surface area (Å²) in [5.41, 5.74) is 6.38. The van der Waals surface area contributed by atoms with Crippen molar-refractivity contribution in [2.75, 3.05) is 0 Å². The molecule has 4 nitrogen and oxygen atoms in total. The molecule has 7 rings (SSSR count). The number of aromatic nitrogens is 2. The van der Waals surface area contributed by atoms with Crippen LogP contribution in [0.1, 0.15) is 11.1 Å². The molecule has 38 heavy (non-hydrogen) atoms. The second-order valence-electron chi connectivity index (χ2n) is 9.15. The van der Waals surface area contributed by atoms with Crippen molar-refractivity contribution in [2.24, 2.45) is 0 Å². The first-order valence-electron chi connectivity index (χ1n) is 12.0. The summed E-state index contributed by atoms with van der Waals surface area (Å²) in [4.78, 5) is 6.93. The molecule has 0 aliphatic carbocycles. The van der Waals surface area contributed by atoms with Crippen LogP contribution in [0.2, 0.25) is 10.0 Å². The van der Waals surface area contributed by atoms with Gasteiger partial charge in [0, 0.05) is 54.8 Å². The number of nitrogens with zero attached hydrogens (tertiary/aromatic N) is 2. The Morgan fingerprint density at radius 2 is 0.895 bits per heavy atom. The zero-order chi connectivity index (χ0) is 26.0. The Kier molecular flexibility index (Phi) is 4.96. The van der Waals surface area contributed by atoms with Crippen molar-refractivity contribution in [1.29, 1.82) is 10.5 Å². The molecule has 0 saturated carbocycles. The van der Waals surface area contributed by atoms with E-state index in [2.05, 4.69) is 22.1 Å². The summed E-state index contributed by atoms with van der Waals surface area (Å²) in [7, 11) is 0. The van der Waals surface area contributed by atoms with E-state index in [9.17, 15) is 10.5 Å². The van der Waals surface area contributed by atoms with Crippen molar-refractivity contribution < 1.29 is 0 Å². The summed E-state index contributed by atoms with van der Waals surface area (Å²) < 4.78 is 0. The predicted molar refractivity (Wildman–Crippen MR) is 155 cm³/mol. The van der Waals surface area contributed by atoms with E-state index in [-0.39, 0.29) is 21.2 Å². The predicted octanol–water partition coefficient (Wildman–Crippen LogP) is 9.34. The number of fused-ring (bicyclic) bond motifs is 6. The van der Waals surface area contributed by atoms with Gasteiger partial charge in [-0.05, 0) is 12.1 Å². The first-order chi connectivity index (χ1) is 18.6. The summed E-state index contributed by atoms with van der Waals surface area (Å²) >= 11 is 14.1. The normalized spacial score (nSPS) is 11.4. The Morgan fingerprint density at radius 3 is 1.32 bits per heavy atom. The van der Waals surface area contributed by atoms with Crippen molar-refractivity contribution in [3.8, 4) is 34.4 Å². The molecule has 0 atom stereocenters. The molecule has 2 heterocycles. The molecule has 5 aromatic carbocycles. The fourth-order valence-corrected chi connectivity index (χ4v) is 6.23. The molecular weight excluding hydrogens is 511 g/mol. The SMILES string of the molecule is N#Cc1c(Cl)c(-c2cccc3c2[nH]c2ccccc23)c(C#N)c(Cl)c1-c1cccc2c1[nH]c1ccccc12. The number of rotatable bonds is 2. The monoisotopic (exact) mass is 526 g/mol. The second-order valence-corrected chi connectivity index (χ2v) is 9.90. The Labute approximate surface area is 227 Å². The van der Waals surface area contributed by atoms with E-state index in [1.807, 2.05) is 84.9 Å². The molecule has 2 N–H and O–H groups in total. The standard InChI is InChI=1S/C32H16Cl2N4/c33-29-24(16-36)28(22-12-6-10-20-18-8-2-4-14-26(18)38-32(20)22)30(34)23(15-35)27(29)21-11-5-9-19-17-7-1-3-13-25(17)37-31(19)21/h1-14,37-38H. The van der Waals surface area contributed by atoms with Gasteiger partial charge in [-0.2, -0.15) is 10.5 Å². The molecule has 6 heteroatoms. The minimum absolute atomic E-state index is 0.197. The number of para-hydroxylation sites is 4. The van der Waals surface area contributed by atoms with Crippen LogP contribution in [0.15, 0.2) is 84.9 Å². The van der Waals surface area contributed by atoms with Crippen LogP contribution in [0.25, 0.3) is 65.9 Å². The minimum Gasteiger partial charge on any atom is -0.354 e. The van der Waals surface area contributed by atoms with E-state index in [0.717, 1.165) is 43.6 Å². The Bertz CT molecular complexity index is 2030. The summed E-state index contributed by atoms with van der Waals surface area (Å²) in [6.07, 6.45) is 0. The summed E-state index contributed by atoms with van der Waals surface area (Å²) in [5, 5.41) is 25.2. The lowest BCUT2D eigenvalue weighted by Crippen LogP contribution is -1.98. The lowest BCUT2D eigenvalue weighted by Gasteiger charge is -2.17. The highest BCUT2D eigenvalue weighted by Gasteiger charge is 2.27. The van der Waals surface area contributed by atoms with Crippen LogP contribution in [0, 0.1) is 22.7 Å². The zero-order valence-electron chi connectivity index (χ0n) is 19.7. The topological polar surface area (TPSA) is 79.2 Å². The maximum atomic E-state index is 10.4. The van der Waals surface area contributed by atoms with Crippen molar-refractivity contribution in [2.45, 2.75) is 0 Å². The number of hydrogen-bond donors (Lipinski definition) is 2. The van der Waals surface area contributed by atoms with Gasteiger partial charge < -0.3 is 9.97 Å². The highest BCUT2D eigenvalue weighted by molar-refractivity contribution is 6.40. The highest BCUT2D eigenvalue weighted by atomic mass is 35.5. The zero-order valence-corrected chi connectivity index (χ0v) is 21.2. The number of hydrogen-bond acceptors (Lipinski definition) is 2. The molecular formula is C32H16Cl2N4. The molecule has 0 radical (unpaired) electrons. The lowest BCUT2D eigenvalue weighted by atomic mass is 9.89. The summed E-state index contributed by atoms with van der Waals surface area (Å²) in [6.45, 7) is 0. The number of nitriles is 2. The van der Waals surface area contributed by atoms with Gasteiger partial charge in [-0.1, -0.05) is 96.0 Å². The Morgan fingerprint density at radius 1 is 0.500 bits per heavy atom. The molecule has 0 spiro atoms. The van der Waals surface area contributed by atoms with Crippen LogP contribution in [0.5, 0.6) is 0 Å². The van der Waals surface area contributed by atoms with Crippen LogP contribution >= 0.6 is 23.2 Å². The molecule has 0 saturated heterocycles. The first-order valence-corrected chi connectivity index (χ1v) is 12.7. The number of benzene rings is 5. The van der Waals surface area contributed by atoms with Crippen LogP contribution < -0.4 is 0 Å². The van der Waals surface area contributed by atoms with E-state index >= 15 is 0 Å². The molecule has 7 aromatic rings. The summed E-state index contributed by atoms with van der Waals surface area (Å²) in [5.74, 6) is 0. The van der Waals surface area contributed by atoms with Gasteiger partial charge in [0.05, 0.1) is 32.2 Å². The van der Waals surface area contributed by atoms with Gasteiger partial charge in [-0.15, -0.1) is 0 Å². The largest absolute Gasteiger partial charge is 0.354 e. The van der Waals surface area contributed by atoms with E-state index in [0.29, 0.717) is 22.3 Å². The molecule has 0 fully saturated rings. The molecule has 0 aliphatic rings. The van der Waals surface area contributed by atoms with Crippen LogP contribution in [-0.2, 0) is 0 Å². The number of H-pyrrole nitrogens is 2.